The molecule has 0 aromatic carbocycles. The lowest BCUT2D eigenvalue weighted by Crippen LogP contribution is -2.44. The van der Waals surface area contributed by atoms with Crippen molar-refractivity contribution in [2.45, 2.75) is 24.6 Å². The van der Waals surface area contributed by atoms with Crippen molar-refractivity contribution >= 4 is 10.0 Å². The predicted octanol–water partition coefficient (Wildman–Crippen LogP) is -0.461. The molecule has 0 radical (unpaired) electrons. The number of sulfonamides is 1. The van der Waals surface area contributed by atoms with E-state index in [1.807, 2.05) is 6.92 Å². The highest BCUT2D eigenvalue weighted by Gasteiger charge is 2.31. The molecule has 18 heavy (non-hydrogen) atoms. The van der Waals surface area contributed by atoms with Crippen LogP contribution in [0.4, 0.5) is 0 Å². The van der Waals surface area contributed by atoms with Gasteiger partial charge in [-0.1, -0.05) is 0 Å². The lowest BCUT2D eigenvalue weighted by molar-refractivity contribution is 0.0101. The Morgan fingerprint density at radius 2 is 2.44 bits per heavy atom. The van der Waals surface area contributed by atoms with Crippen molar-refractivity contribution in [2.24, 2.45) is 0 Å². The summed E-state index contributed by atoms with van der Waals surface area (Å²) in [5.74, 6) is 0. The van der Waals surface area contributed by atoms with Crippen molar-refractivity contribution in [3.05, 3.63) is 11.8 Å². The summed E-state index contributed by atoms with van der Waals surface area (Å²) in [6, 6.07) is 0. The van der Waals surface area contributed by atoms with Crippen molar-refractivity contribution in [1.82, 2.24) is 19.8 Å². The lowest BCUT2D eigenvalue weighted by Gasteiger charge is -2.30. The molecular weight excluding hydrogens is 256 g/mol. The van der Waals surface area contributed by atoms with Crippen LogP contribution in [0.25, 0.3) is 0 Å². The van der Waals surface area contributed by atoms with E-state index in [-0.39, 0.29) is 11.1 Å². The standard InChI is InChI=1S/C10H18N4O3S/c1-8-7-14(3-4-17-8)18(15,16)10-9(5-11-2)6-12-13-10/h6,8,11H,3-5,7H2,1-2H3,(H,12,13). The van der Waals surface area contributed by atoms with Crippen molar-refractivity contribution in [1.29, 1.82) is 0 Å². The zero-order chi connectivity index (χ0) is 13.2. The van der Waals surface area contributed by atoms with Crippen LogP contribution in [-0.4, -0.2) is 55.8 Å². The Bertz CT molecular complexity index is 499. The third-order valence-corrected chi connectivity index (χ3v) is 4.73. The average Bonchev–Trinajstić information content (AvgIpc) is 2.78. The molecule has 1 unspecified atom stereocenters. The summed E-state index contributed by atoms with van der Waals surface area (Å²) in [6.45, 7) is 3.51. The molecule has 1 fully saturated rings. The molecule has 2 N–H and O–H groups in total. The third-order valence-electron chi connectivity index (χ3n) is 2.85. The third kappa shape index (κ3) is 2.56. The number of ether oxygens (including phenoxy) is 1. The molecule has 1 aromatic rings. The van der Waals surface area contributed by atoms with Crippen LogP contribution in [-0.2, 0) is 21.3 Å². The van der Waals surface area contributed by atoms with Gasteiger partial charge >= 0.3 is 0 Å². The van der Waals surface area contributed by atoms with E-state index in [9.17, 15) is 8.42 Å². The molecule has 0 spiro atoms. The summed E-state index contributed by atoms with van der Waals surface area (Å²) in [4.78, 5) is 0. The Labute approximate surface area is 107 Å². The van der Waals surface area contributed by atoms with E-state index in [0.29, 0.717) is 31.8 Å². The number of hydrogen-bond donors (Lipinski definition) is 2. The molecule has 1 aromatic heterocycles. The van der Waals surface area contributed by atoms with E-state index in [1.165, 1.54) is 10.5 Å². The first-order valence-electron chi connectivity index (χ1n) is 5.84. The fourth-order valence-corrected chi connectivity index (χ4v) is 3.58. The summed E-state index contributed by atoms with van der Waals surface area (Å²) < 4.78 is 31.7. The van der Waals surface area contributed by atoms with E-state index in [4.69, 9.17) is 4.74 Å². The van der Waals surface area contributed by atoms with Gasteiger partial charge in [0, 0.05) is 25.2 Å². The molecule has 1 aliphatic rings. The molecular formula is C10H18N4O3S. The van der Waals surface area contributed by atoms with Crippen LogP contribution in [0.15, 0.2) is 11.2 Å². The minimum atomic E-state index is -3.51. The van der Waals surface area contributed by atoms with Gasteiger partial charge in [0.1, 0.15) is 0 Å². The first kappa shape index (κ1) is 13.5. The average molecular weight is 274 g/mol. The number of aromatic amines is 1. The lowest BCUT2D eigenvalue weighted by atomic mass is 10.3. The van der Waals surface area contributed by atoms with E-state index < -0.39 is 10.0 Å². The number of nitrogens with zero attached hydrogens (tertiary/aromatic N) is 2. The van der Waals surface area contributed by atoms with Gasteiger partial charge in [-0.2, -0.15) is 9.40 Å². The SMILES string of the molecule is CNCc1cn[nH]c1S(=O)(=O)N1CCOC(C)C1. The Morgan fingerprint density at radius 1 is 1.67 bits per heavy atom. The smallest absolute Gasteiger partial charge is 0.260 e. The maximum absolute atomic E-state index is 12.5. The van der Waals surface area contributed by atoms with Crippen molar-refractivity contribution in [2.75, 3.05) is 26.7 Å². The van der Waals surface area contributed by atoms with Gasteiger partial charge in [-0.3, -0.25) is 5.10 Å². The van der Waals surface area contributed by atoms with Gasteiger partial charge in [-0.25, -0.2) is 8.42 Å². The summed E-state index contributed by atoms with van der Waals surface area (Å²) in [5.41, 5.74) is 0.650. The number of rotatable bonds is 4. The van der Waals surface area contributed by atoms with Gasteiger partial charge in [0.25, 0.3) is 10.0 Å². The van der Waals surface area contributed by atoms with Crippen LogP contribution in [0.3, 0.4) is 0 Å². The van der Waals surface area contributed by atoms with Crippen LogP contribution in [0.5, 0.6) is 0 Å². The second kappa shape index (κ2) is 5.35. The molecule has 0 saturated carbocycles. The number of morpholine rings is 1. The molecule has 1 atom stereocenters. The molecule has 2 rings (SSSR count). The molecule has 1 aliphatic heterocycles. The van der Waals surface area contributed by atoms with Crippen LogP contribution < -0.4 is 5.32 Å². The summed E-state index contributed by atoms with van der Waals surface area (Å²) in [7, 11) is -1.75. The Balaban J connectivity index is 2.26. The number of hydrogen-bond acceptors (Lipinski definition) is 5. The minimum absolute atomic E-state index is 0.0794. The molecule has 0 bridgehead atoms. The van der Waals surface area contributed by atoms with Crippen LogP contribution in [0.2, 0.25) is 0 Å². The number of H-pyrrole nitrogens is 1. The van der Waals surface area contributed by atoms with Crippen molar-refractivity contribution in [3.63, 3.8) is 0 Å². The van der Waals surface area contributed by atoms with E-state index in [0.717, 1.165) is 0 Å². The molecule has 8 heteroatoms. The Hall–Kier alpha value is -0.960. The second-order valence-corrected chi connectivity index (χ2v) is 6.17. The van der Waals surface area contributed by atoms with Crippen LogP contribution >= 0.6 is 0 Å². The maximum Gasteiger partial charge on any atom is 0.260 e. The largest absolute Gasteiger partial charge is 0.376 e. The second-order valence-electron chi connectivity index (χ2n) is 4.30. The summed E-state index contributed by atoms with van der Waals surface area (Å²) in [5, 5.41) is 9.50. The summed E-state index contributed by atoms with van der Waals surface area (Å²) in [6.07, 6.45) is 1.46. The van der Waals surface area contributed by atoms with Gasteiger partial charge in [0.05, 0.1) is 18.9 Å². The minimum Gasteiger partial charge on any atom is -0.376 e. The highest BCUT2D eigenvalue weighted by Crippen LogP contribution is 2.19. The monoisotopic (exact) mass is 274 g/mol. The zero-order valence-corrected chi connectivity index (χ0v) is 11.3. The van der Waals surface area contributed by atoms with Crippen molar-refractivity contribution in [3.8, 4) is 0 Å². The van der Waals surface area contributed by atoms with Gasteiger partial charge < -0.3 is 10.1 Å². The molecule has 0 amide bonds. The Morgan fingerprint density at radius 3 is 3.11 bits per heavy atom. The van der Waals surface area contributed by atoms with Gasteiger partial charge in [-0.05, 0) is 14.0 Å². The zero-order valence-electron chi connectivity index (χ0n) is 10.5. The molecule has 102 valence electrons. The number of aromatic nitrogens is 2. The van der Waals surface area contributed by atoms with Crippen LogP contribution in [0, 0.1) is 0 Å². The van der Waals surface area contributed by atoms with Gasteiger partial charge in [0.2, 0.25) is 0 Å². The van der Waals surface area contributed by atoms with E-state index in [2.05, 4.69) is 15.5 Å². The quantitative estimate of drug-likeness (QED) is 0.775. The predicted molar refractivity (Wildman–Crippen MR) is 65.5 cm³/mol. The maximum atomic E-state index is 12.5. The summed E-state index contributed by atoms with van der Waals surface area (Å²) >= 11 is 0. The van der Waals surface area contributed by atoms with Gasteiger partial charge in [-0.15, -0.1) is 0 Å². The first-order valence-corrected chi connectivity index (χ1v) is 7.28. The highest BCUT2D eigenvalue weighted by molar-refractivity contribution is 7.89. The highest BCUT2D eigenvalue weighted by atomic mass is 32.2. The normalized spacial score (nSPS) is 22.2. The molecule has 2 heterocycles. The Kier molecular flexibility index (Phi) is 4.00. The number of nitrogens with one attached hydrogen (secondary N) is 2. The fraction of sp³-hybridized carbons (Fsp3) is 0.700. The fourth-order valence-electron chi connectivity index (χ4n) is 1.97. The van der Waals surface area contributed by atoms with E-state index >= 15 is 0 Å². The molecule has 7 nitrogen and oxygen atoms in total. The molecule has 1 saturated heterocycles. The van der Waals surface area contributed by atoms with Crippen molar-refractivity contribution < 1.29 is 13.2 Å². The topological polar surface area (TPSA) is 87.3 Å². The van der Waals surface area contributed by atoms with E-state index in [1.54, 1.807) is 7.05 Å². The molecule has 0 aliphatic carbocycles. The first-order chi connectivity index (χ1) is 8.55. The van der Waals surface area contributed by atoms with Crippen LogP contribution in [0.1, 0.15) is 12.5 Å². The van der Waals surface area contributed by atoms with Gasteiger partial charge in [0.15, 0.2) is 5.03 Å².